The minimum absolute atomic E-state index is 0.283. The Labute approximate surface area is 116 Å². The summed E-state index contributed by atoms with van der Waals surface area (Å²) in [5.41, 5.74) is 0.585. The lowest BCUT2D eigenvalue weighted by molar-refractivity contribution is 0.464. The normalized spacial score (nSPS) is 17.2. The van der Waals surface area contributed by atoms with Crippen molar-refractivity contribution in [1.82, 2.24) is 5.32 Å². The van der Waals surface area contributed by atoms with E-state index in [-0.39, 0.29) is 5.41 Å². The lowest BCUT2D eigenvalue weighted by atomic mass is 9.87. The maximum absolute atomic E-state index is 3.62. The van der Waals surface area contributed by atoms with Crippen molar-refractivity contribution in [3.05, 3.63) is 21.9 Å². The van der Waals surface area contributed by atoms with Gasteiger partial charge < -0.3 is 5.32 Å². The van der Waals surface area contributed by atoms with E-state index < -0.39 is 0 Å². The molecule has 1 aromatic rings. The molecule has 0 aliphatic heterocycles. The minimum atomic E-state index is 0.283. The molecule has 0 amide bonds. The molecule has 102 valence electrons. The van der Waals surface area contributed by atoms with Crippen molar-refractivity contribution in [2.75, 3.05) is 6.54 Å². The average Bonchev–Trinajstić information content (AvgIpc) is 2.91. The molecule has 18 heavy (non-hydrogen) atoms. The van der Waals surface area contributed by atoms with Crippen LogP contribution in [0.3, 0.4) is 0 Å². The standard InChI is InChI=1S/C16H27NS/c1-15(2,3)13-8-9-14(18-13)16(4,5)10-11-17-12-6-7-12/h8-9,12,17H,6-7,10-11H2,1-5H3. The van der Waals surface area contributed by atoms with Crippen LogP contribution in [-0.4, -0.2) is 12.6 Å². The average molecular weight is 265 g/mol. The van der Waals surface area contributed by atoms with Crippen molar-refractivity contribution >= 4 is 11.3 Å². The third kappa shape index (κ3) is 3.58. The molecule has 1 heterocycles. The summed E-state index contributed by atoms with van der Waals surface area (Å²) in [7, 11) is 0. The van der Waals surface area contributed by atoms with Crippen LogP contribution in [0.4, 0.5) is 0 Å². The van der Waals surface area contributed by atoms with Gasteiger partial charge in [0.2, 0.25) is 0 Å². The lowest BCUT2D eigenvalue weighted by Crippen LogP contribution is -2.26. The molecule has 0 saturated heterocycles. The summed E-state index contributed by atoms with van der Waals surface area (Å²) in [6, 6.07) is 5.48. The molecule has 1 fully saturated rings. The molecule has 0 aromatic carbocycles. The van der Waals surface area contributed by atoms with Gasteiger partial charge in [-0.1, -0.05) is 34.6 Å². The van der Waals surface area contributed by atoms with Crippen LogP contribution in [0, 0.1) is 0 Å². The number of nitrogens with one attached hydrogen (secondary N) is 1. The van der Waals surface area contributed by atoms with Crippen LogP contribution in [0.15, 0.2) is 12.1 Å². The first-order chi connectivity index (χ1) is 8.29. The second-order valence-corrected chi connectivity index (χ2v) is 8.36. The summed E-state index contributed by atoms with van der Waals surface area (Å²) in [4.78, 5) is 3.03. The fraction of sp³-hybridized carbons (Fsp3) is 0.750. The Morgan fingerprint density at radius 2 is 1.72 bits per heavy atom. The first-order valence-corrected chi connectivity index (χ1v) is 7.95. The fourth-order valence-corrected chi connectivity index (χ4v) is 3.30. The molecule has 0 bridgehead atoms. The molecule has 1 nitrogen and oxygen atoms in total. The monoisotopic (exact) mass is 265 g/mol. The van der Waals surface area contributed by atoms with E-state index in [4.69, 9.17) is 0 Å². The molecular formula is C16H27NS. The van der Waals surface area contributed by atoms with Gasteiger partial charge in [0.1, 0.15) is 0 Å². The molecule has 0 spiro atoms. The maximum Gasteiger partial charge on any atom is 0.0105 e. The predicted octanol–water partition coefficient (Wildman–Crippen LogP) is 4.47. The second-order valence-electron chi connectivity index (χ2n) is 7.28. The SMILES string of the molecule is CC(C)(C)c1ccc(C(C)(C)CCNC2CC2)s1. The molecule has 1 aromatic heterocycles. The number of hydrogen-bond donors (Lipinski definition) is 1. The highest BCUT2D eigenvalue weighted by atomic mass is 32.1. The number of thiophene rings is 1. The Kier molecular flexibility index (Phi) is 3.89. The van der Waals surface area contributed by atoms with Gasteiger partial charge >= 0.3 is 0 Å². The topological polar surface area (TPSA) is 12.0 Å². The third-order valence-corrected chi connectivity index (χ3v) is 5.65. The van der Waals surface area contributed by atoms with Crippen molar-refractivity contribution in [2.24, 2.45) is 0 Å². The molecule has 1 aliphatic rings. The minimum Gasteiger partial charge on any atom is -0.314 e. The van der Waals surface area contributed by atoms with Crippen molar-refractivity contribution in [3.8, 4) is 0 Å². The van der Waals surface area contributed by atoms with E-state index in [0.717, 1.165) is 12.6 Å². The van der Waals surface area contributed by atoms with Crippen LogP contribution in [0.1, 0.15) is 63.6 Å². The summed E-state index contributed by atoms with van der Waals surface area (Å²) in [5.74, 6) is 0. The molecular weight excluding hydrogens is 238 g/mol. The molecule has 1 aliphatic carbocycles. The highest BCUT2D eigenvalue weighted by Crippen LogP contribution is 2.37. The Morgan fingerprint density at radius 3 is 2.22 bits per heavy atom. The Balaban J connectivity index is 1.96. The Hall–Kier alpha value is -0.340. The Bertz CT molecular complexity index is 393. The highest BCUT2D eigenvalue weighted by molar-refractivity contribution is 7.12. The summed E-state index contributed by atoms with van der Waals surface area (Å²) >= 11 is 1.99. The fourth-order valence-electron chi connectivity index (χ4n) is 2.10. The van der Waals surface area contributed by atoms with Gasteiger partial charge in [0, 0.05) is 21.2 Å². The highest BCUT2D eigenvalue weighted by Gasteiger charge is 2.26. The molecule has 2 heteroatoms. The van der Waals surface area contributed by atoms with Gasteiger partial charge in [-0.2, -0.15) is 0 Å². The molecule has 2 rings (SSSR count). The number of rotatable bonds is 5. The second kappa shape index (κ2) is 4.97. The van der Waals surface area contributed by atoms with Gasteiger partial charge in [-0.05, 0) is 43.4 Å². The predicted molar refractivity (Wildman–Crippen MR) is 81.7 cm³/mol. The zero-order valence-electron chi connectivity index (χ0n) is 12.5. The first-order valence-electron chi connectivity index (χ1n) is 7.13. The number of hydrogen-bond acceptors (Lipinski definition) is 2. The van der Waals surface area contributed by atoms with E-state index in [9.17, 15) is 0 Å². The van der Waals surface area contributed by atoms with E-state index in [1.54, 1.807) is 0 Å². The molecule has 0 atom stereocenters. The van der Waals surface area contributed by atoms with E-state index >= 15 is 0 Å². The van der Waals surface area contributed by atoms with Gasteiger partial charge in [0.25, 0.3) is 0 Å². The third-order valence-electron chi connectivity index (χ3n) is 3.77. The van der Waals surface area contributed by atoms with Crippen LogP contribution < -0.4 is 5.32 Å². The largest absolute Gasteiger partial charge is 0.314 e. The smallest absolute Gasteiger partial charge is 0.0105 e. The van der Waals surface area contributed by atoms with Crippen LogP contribution in [0.2, 0.25) is 0 Å². The van der Waals surface area contributed by atoms with Crippen LogP contribution >= 0.6 is 11.3 Å². The van der Waals surface area contributed by atoms with E-state index in [1.165, 1.54) is 29.0 Å². The van der Waals surface area contributed by atoms with Crippen molar-refractivity contribution in [3.63, 3.8) is 0 Å². The van der Waals surface area contributed by atoms with Gasteiger partial charge in [-0.25, -0.2) is 0 Å². The summed E-state index contributed by atoms with van der Waals surface area (Å²) in [6.45, 7) is 12.8. The molecule has 0 unspecified atom stereocenters. The maximum atomic E-state index is 3.62. The van der Waals surface area contributed by atoms with Gasteiger partial charge in [-0.15, -0.1) is 11.3 Å². The van der Waals surface area contributed by atoms with Crippen molar-refractivity contribution in [2.45, 2.75) is 70.8 Å². The van der Waals surface area contributed by atoms with Gasteiger partial charge in [0.15, 0.2) is 0 Å². The summed E-state index contributed by atoms with van der Waals surface area (Å²) in [5, 5.41) is 3.62. The Morgan fingerprint density at radius 1 is 1.11 bits per heavy atom. The van der Waals surface area contributed by atoms with Crippen molar-refractivity contribution < 1.29 is 0 Å². The van der Waals surface area contributed by atoms with Gasteiger partial charge in [-0.3, -0.25) is 0 Å². The van der Waals surface area contributed by atoms with E-state index in [0.29, 0.717) is 5.41 Å². The summed E-state index contributed by atoms with van der Waals surface area (Å²) in [6.07, 6.45) is 3.99. The lowest BCUT2D eigenvalue weighted by Gasteiger charge is -2.24. The molecule has 0 radical (unpaired) electrons. The summed E-state index contributed by atoms with van der Waals surface area (Å²) < 4.78 is 0. The molecule has 1 N–H and O–H groups in total. The quantitative estimate of drug-likeness (QED) is 0.828. The van der Waals surface area contributed by atoms with Gasteiger partial charge in [0.05, 0.1) is 0 Å². The van der Waals surface area contributed by atoms with E-state index in [2.05, 4.69) is 52.1 Å². The van der Waals surface area contributed by atoms with Crippen LogP contribution in [0.25, 0.3) is 0 Å². The first kappa shape index (κ1) is 14.1. The van der Waals surface area contributed by atoms with Crippen molar-refractivity contribution in [1.29, 1.82) is 0 Å². The van der Waals surface area contributed by atoms with Crippen LogP contribution in [-0.2, 0) is 10.8 Å². The van der Waals surface area contributed by atoms with E-state index in [1.807, 2.05) is 11.3 Å². The molecule has 1 saturated carbocycles. The zero-order chi connectivity index (χ0) is 13.4. The van der Waals surface area contributed by atoms with Crippen LogP contribution in [0.5, 0.6) is 0 Å². The zero-order valence-corrected chi connectivity index (χ0v) is 13.3.